The first-order chi connectivity index (χ1) is 6.57. The third-order valence-corrected chi connectivity index (χ3v) is 2.68. The number of hydrogen-bond acceptors (Lipinski definition) is 1. The second-order valence-corrected chi connectivity index (χ2v) is 3.80. The summed E-state index contributed by atoms with van der Waals surface area (Å²) in [6.07, 6.45) is 0.378. The van der Waals surface area contributed by atoms with Crippen molar-refractivity contribution in [3.05, 3.63) is 34.1 Å². The molecule has 14 heavy (non-hydrogen) atoms. The summed E-state index contributed by atoms with van der Waals surface area (Å²) in [4.78, 5) is 10.8. The number of carboxylic acid groups (broad SMARTS) is 1. The summed E-state index contributed by atoms with van der Waals surface area (Å²) in [5, 5.41) is 8.86. The van der Waals surface area contributed by atoms with Crippen molar-refractivity contribution in [2.24, 2.45) is 0 Å². The molecule has 0 saturated heterocycles. The normalized spacial score (nSPS) is 12.5. The predicted molar refractivity (Wildman–Crippen MR) is 54.8 cm³/mol. The molecule has 1 unspecified atom stereocenters. The minimum Gasteiger partial charge on any atom is -0.481 e. The molecule has 0 aliphatic carbocycles. The van der Waals surface area contributed by atoms with Crippen molar-refractivity contribution in [2.75, 3.05) is 0 Å². The molecule has 0 spiro atoms. The lowest BCUT2D eigenvalue weighted by Gasteiger charge is -2.11. The summed E-state index contributed by atoms with van der Waals surface area (Å²) in [6.45, 7) is 1.72. The van der Waals surface area contributed by atoms with Gasteiger partial charge in [-0.2, -0.15) is 0 Å². The molecular formula is C10H10BrFO2. The quantitative estimate of drug-likeness (QED) is 0.907. The molecular weight excluding hydrogens is 251 g/mol. The average Bonchev–Trinajstić information content (AvgIpc) is 2.13. The van der Waals surface area contributed by atoms with Crippen LogP contribution in [0.2, 0.25) is 0 Å². The molecule has 76 valence electrons. The van der Waals surface area contributed by atoms with Crippen molar-refractivity contribution in [3.8, 4) is 0 Å². The van der Waals surface area contributed by atoms with Gasteiger partial charge in [-0.1, -0.05) is 19.1 Å². The maximum Gasteiger partial charge on any atom is 0.311 e. The van der Waals surface area contributed by atoms with Gasteiger partial charge in [-0.05, 0) is 28.4 Å². The molecule has 0 aliphatic heterocycles. The molecule has 1 rings (SSSR count). The summed E-state index contributed by atoms with van der Waals surface area (Å²) >= 11 is 3.02. The first-order valence-corrected chi connectivity index (χ1v) is 5.04. The summed E-state index contributed by atoms with van der Waals surface area (Å²) in [5.41, 5.74) is 0.231. The molecule has 0 fully saturated rings. The number of hydrogen-bond donors (Lipinski definition) is 1. The topological polar surface area (TPSA) is 37.3 Å². The van der Waals surface area contributed by atoms with Gasteiger partial charge in [0.1, 0.15) is 5.82 Å². The van der Waals surface area contributed by atoms with Gasteiger partial charge in [0.05, 0.1) is 10.4 Å². The van der Waals surface area contributed by atoms with Gasteiger partial charge in [-0.25, -0.2) is 4.39 Å². The summed E-state index contributed by atoms with van der Waals surface area (Å²) in [6, 6.07) is 4.68. The molecule has 0 aliphatic rings. The maximum absolute atomic E-state index is 13.5. The van der Waals surface area contributed by atoms with Crippen LogP contribution in [-0.2, 0) is 4.79 Å². The fourth-order valence-electron chi connectivity index (χ4n) is 1.32. The van der Waals surface area contributed by atoms with E-state index in [2.05, 4.69) is 15.9 Å². The SMILES string of the molecule is CCC(C(=O)O)c1cccc(Br)c1F. The van der Waals surface area contributed by atoms with Crippen LogP contribution in [0.25, 0.3) is 0 Å². The molecule has 4 heteroatoms. The van der Waals surface area contributed by atoms with Crippen LogP contribution in [0.1, 0.15) is 24.8 Å². The van der Waals surface area contributed by atoms with Crippen LogP contribution in [-0.4, -0.2) is 11.1 Å². The van der Waals surface area contributed by atoms with E-state index in [-0.39, 0.29) is 5.56 Å². The van der Waals surface area contributed by atoms with E-state index in [1.165, 1.54) is 6.07 Å². The number of carboxylic acids is 1. The minimum atomic E-state index is -0.996. The Balaban J connectivity index is 3.16. The Hall–Kier alpha value is -0.900. The van der Waals surface area contributed by atoms with Gasteiger partial charge in [-0.15, -0.1) is 0 Å². The maximum atomic E-state index is 13.5. The smallest absolute Gasteiger partial charge is 0.311 e. The van der Waals surface area contributed by atoms with E-state index in [9.17, 15) is 9.18 Å². The number of benzene rings is 1. The second-order valence-electron chi connectivity index (χ2n) is 2.94. The molecule has 0 heterocycles. The van der Waals surface area contributed by atoms with E-state index < -0.39 is 17.7 Å². The molecule has 1 aromatic rings. The number of rotatable bonds is 3. The van der Waals surface area contributed by atoms with Gasteiger partial charge in [0.2, 0.25) is 0 Å². The summed E-state index contributed by atoms with van der Waals surface area (Å²) in [7, 11) is 0. The van der Waals surface area contributed by atoms with Crippen LogP contribution in [0.5, 0.6) is 0 Å². The van der Waals surface area contributed by atoms with Crippen molar-refractivity contribution in [3.63, 3.8) is 0 Å². The van der Waals surface area contributed by atoms with Crippen molar-refractivity contribution < 1.29 is 14.3 Å². The Labute approximate surface area is 89.9 Å². The van der Waals surface area contributed by atoms with E-state index in [0.717, 1.165) is 0 Å². The van der Waals surface area contributed by atoms with Crippen LogP contribution in [0.15, 0.2) is 22.7 Å². The Kier molecular flexibility index (Phi) is 3.63. The van der Waals surface area contributed by atoms with Crippen LogP contribution < -0.4 is 0 Å². The van der Waals surface area contributed by atoms with Gasteiger partial charge >= 0.3 is 5.97 Å². The monoisotopic (exact) mass is 260 g/mol. The molecule has 1 aromatic carbocycles. The minimum absolute atomic E-state index is 0.231. The molecule has 0 saturated carbocycles. The molecule has 1 N–H and O–H groups in total. The second kappa shape index (κ2) is 4.55. The number of aliphatic carboxylic acids is 1. The highest BCUT2D eigenvalue weighted by Gasteiger charge is 2.21. The molecule has 1 atom stereocenters. The first-order valence-electron chi connectivity index (χ1n) is 4.24. The lowest BCUT2D eigenvalue weighted by atomic mass is 9.96. The lowest BCUT2D eigenvalue weighted by Crippen LogP contribution is -2.12. The third kappa shape index (κ3) is 2.12. The summed E-state index contributed by atoms with van der Waals surface area (Å²) in [5.74, 6) is -2.25. The molecule has 0 bridgehead atoms. The number of carbonyl (C=O) groups is 1. The average molecular weight is 261 g/mol. The fourth-order valence-corrected chi connectivity index (χ4v) is 1.70. The zero-order chi connectivity index (χ0) is 10.7. The Morgan fingerprint density at radius 1 is 1.64 bits per heavy atom. The van der Waals surface area contributed by atoms with Crippen molar-refractivity contribution in [1.29, 1.82) is 0 Å². The highest BCUT2D eigenvalue weighted by Crippen LogP contribution is 2.27. The fraction of sp³-hybridized carbons (Fsp3) is 0.300. The van der Waals surface area contributed by atoms with E-state index >= 15 is 0 Å². The van der Waals surface area contributed by atoms with Crippen LogP contribution >= 0.6 is 15.9 Å². The van der Waals surface area contributed by atoms with E-state index in [1.54, 1.807) is 19.1 Å². The highest BCUT2D eigenvalue weighted by molar-refractivity contribution is 9.10. The van der Waals surface area contributed by atoms with Gasteiger partial charge in [0.25, 0.3) is 0 Å². The first kappa shape index (κ1) is 11.2. The third-order valence-electron chi connectivity index (χ3n) is 2.06. The van der Waals surface area contributed by atoms with Crippen molar-refractivity contribution in [2.45, 2.75) is 19.3 Å². The molecule has 2 nitrogen and oxygen atoms in total. The van der Waals surface area contributed by atoms with Gasteiger partial charge < -0.3 is 5.11 Å². The Morgan fingerprint density at radius 2 is 2.29 bits per heavy atom. The molecule has 0 amide bonds. The van der Waals surface area contributed by atoms with E-state index in [1.807, 2.05) is 0 Å². The molecule has 0 aromatic heterocycles. The zero-order valence-electron chi connectivity index (χ0n) is 7.63. The number of halogens is 2. The van der Waals surface area contributed by atoms with Crippen LogP contribution in [0.3, 0.4) is 0 Å². The largest absolute Gasteiger partial charge is 0.481 e. The van der Waals surface area contributed by atoms with E-state index in [4.69, 9.17) is 5.11 Å². The van der Waals surface area contributed by atoms with Crippen molar-refractivity contribution >= 4 is 21.9 Å². The summed E-state index contributed by atoms with van der Waals surface area (Å²) < 4.78 is 13.8. The highest BCUT2D eigenvalue weighted by atomic mass is 79.9. The van der Waals surface area contributed by atoms with Gasteiger partial charge in [0, 0.05) is 5.56 Å². The molecule has 0 radical (unpaired) electrons. The predicted octanol–water partition coefficient (Wildman–Crippen LogP) is 3.17. The van der Waals surface area contributed by atoms with Gasteiger partial charge in [-0.3, -0.25) is 4.79 Å². The van der Waals surface area contributed by atoms with E-state index in [0.29, 0.717) is 10.9 Å². The van der Waals surface area contributed by atoms with Crippen LogP contribution in [0.4, 0.5) is 4.39 Å². The zero-order valence-corrected chi connectivity index (χ0v) is 9.21. The standard InChI is InChI=1S/C10H10BrFO2/c1-2-6(10(13)14)7-4-3-5-8(11)9(7)12/h3-6H,2H2,1H3,(H,13,14). The van der Waals surface area contributed by atoms with Gasteiger partial charge in [0.15, 0.2) is 0 Å². The Bertz CT molecular complexity index is 352. The van der Waals surface area contributed by atoms with Crippen LogP contribution in [0, 0.1) is 5.82 Å². The van der Waals surface area contributed by atoms with Crippen molar-refractivity contribution in [1.82, 2.24) is 0 Å². The lowest BCUT2D eigenvalue weighted by molar-refractivity contribution is -0.138. The Morgan fingerprint density at radius 3 is 2.79 bits per heavy atom.